The quantitative estimate of drug-likeness (QED) is 0.889. The van der Waals surface area contributed by atoms with E-state index in [1.165, 1.54) is 36.2 Å². The molecule has 0 unspecified atom stereocenters. The van der Waals surface area contributed by atoms with Crippen molar-refractivity contribution in [2.45, 2.75) is 57.2 Å². The molecule has 1 aliphatic heterocycles. The van der Waals surface area contributed by atoms with Gasteiger partial charge in [-0.25, -0.2) is 0 Å². The molecule has 110 valence electrons. The molecular formula is C17H26N2O. The van der Waals surface area contributed by atoms with Crippen LogP contribution in [0.2, 0.25) is 0 Å². The molecule has 1 aromatic carbocycles. The van der Waals surface area contributed by atoms with Gasteiger partial charge in [0.05, 0.1) is 6.10 Å². The van der Waals surface area contributed by atoms with Crippen LogP contribution in [-0.4, -0.2) is 30.8 Å². The second-order valence-electron chi connectivity index (χ2n) is 6.37. The Balaban J connectivity index is 1.58. The molecule has 1 aromatic rings. The van der Waals surface area contributed by atoms with Crippen molar-refractivity contribution in [3.8, 4) is 0 Å². The second-order valence-corrected chi connectivity index (χ2v) is 6.37. The van der Waals surface area contributed by atoms with E-state index in [1.807, 2.05) is 0 Å². The largest absolute Gasteiger partial charge is 0.393 e. The normalized spacial score (nSPS) is 26.4. The first kappa shape index (κ1) is 13.9. The van der Waals surface area contributed by atoms with Crippen LogP contribution >= 0.6 is 0 Å². The summed E-state index contributed by atoms with van der Waals surface area (Å²) >= 11 is 0. The molecule has 3 heteroatoms. The van der Waals surface area contributed by atoms with Gasteiger partial charge in [-0.15, -0.1) is 0 Å². The average molecular weight is 274 g/mol. The van der Waals surface area contributed by atoms with E-state index in [4.69, 9.17) is 0 Å². The molecule has 1 heterocycles. The number of nitrogens with zero attached hydrogens (tertiary/aromatic N) is 1. The highest BCUT2D eigenvalue weighted by Crippen LogP contribution is 2.27. The first-order chi connectivity index (χ1) is 9.72. The molecule has 3 rings (SSSR count). The van der Waals surface area contributed by atoms with E-state index in [1.54, 1.807) is 0 Å². The lowest BCUT2D eigenvalue weighted by molar-refractivity contribution is 0.116. The van der Waals surface area contributed by atoms with E-state index in [0.29, 0.717) is 6.04 Å². The van der Waals surface area contributed by atoms with E-state index in [2.05, 4.69) is 35.5 Å². The van der Waals surface area contributed by atoms with E-state index in [-0.39, 0.29) is 6.10 Å². The fourth-order valence-electron chi connectivity index (χ4n) is 3.49. The van der Waals surface area contributed by atoms with Crippen LogP contribution in [0.3, 0.4) is 0 Å². The Morgan fingerprint density at radius 2 is 2.05 bits per heavy atom. The van der Waals surface area contributed by atoms with Crippen LogP contribution in [0.25, 0.3) is 0 Å². The molecule has 0 bridgehead atoms. The SMILES string of the molecule is CN1CCCc2cc(CNC3CCC(O)CC3)ccc21. The number of aliphatic hydroxyl groups excluding tert-OH is 1. The van der Waals surface area contributed by atoms with Gasteiger partial charge in [0.25, 0.3) is 0 Å². The van der Waals surface area contributed by atoms with Crippen molar-refractivity contribution in [1.29, 1.82) is 0 Å². The third-order valence-electron chi connectivity index (χ3n) is 4.79. The van der Waals surface area contributed by atoms with Gasteiger partial charge < -0.3 is 15.3 Å². The number of hydrogen-bond donors (Lipinski definition) is 2. The van der Waals surface area contributed by atoms with Crippen molar-refractivity contribution < 1.29 is 5.11 Å². The molecule has 0 spiro atoms. The van der Waals surface area contributed by atoms with Crippen molar-refractivity contribution >= 4 is 5.69 Å². The molecule has 20 heavy (non-hydrogen) atoms. The second kappa shape index (κ2) is 6.15. The first-order valence-electron chi connectivity index (χ1n) is 7.97. The molecule has 0 saturated heterocycles. The number of aliphatic hydroxyl groups is 1. The van der Waals surface area contributed by atoms with E-state index >= 15 is 0 Å². The molecular weight excluding hydrogens is 248 g/mol. The van der Waals surface area contributed by atoms with Crippen LogP contribution in [0.15, 0.2) is 18.2 Å². The van der Waals surface area contributed by atoms with Crippen molar-refractivity contribution in [1.82, 2.24) is 5.32 Å². The molecule has 2 aliphatic rings. The topological polar surface area (TPSA) is 35.5 Å². The van der Waals surface area contributed by atoms with Gasteiger partial charge >= 0.3 is 0 Å². The molecule has 1 aliphatic carbocycles. The Kier molecular flexibility index (Phi) is 4.27. The smallest absolute Gasteiger partial charge is 0.0541 e. The number of anilines is 1. The Labute approximate surface area is 122 Å². The predicted molar refractivity (Wildman–Crippen MR) is 83.1 cm³/mol. The lowest BCUT2D eigenvalue weighted by Gasteiger charge is -2.29. The zero-order chi connectivity index (χ0) is 13.9. The van der Waals surface area contributed by atoms with Crippen LogP contribution in [-0.2, 0) is 13.0 Å². The highest BCUT2D eigenvalue weighted by Gasteiger charge is 2.19. The molecule has 1 fully saturated rings. The van der Waals surface area contributed by atoms with Crippen molar-refractivity contribution in [2.75, 3.05) is 18.5 Å². The number of rotatable bonds is 3. The highest BCUT2D eigenvalue weighted by atomic mass is 16.3. The number of benzene rings is 1. The summed E-state index contributed by atoms with van der Waals surface area (Å²) in [5.74, 6) is 0. The maximum atomic E-state index is 9.54. The molecule has 0 aromatic heterocycles. The minimum Gasteiger partial charge on any atom is -0.393 e. The summed E-state index contributed by atoms with van der Waals surface area (Å²) in [6.07, 6.45) is 6.53. The monoisotopic (exact) mass is 274 g/mol. The summed E-state index contributed by atoms with van der Waals surface area (Å²) in [4.78, 5) is 2.36. The minimum atomic E-state index is -0.0627. The Morgan fingerprint density at radius 3 is 2.85 bits per heavy atom. The van der Waals surface area contributed by atoms with Crippen molar-refractivity contribution in [3.63, 3.8) is 0 Å². The van der Waals surface area contributed by atoms with Gasteiger partial charge in [0, 0.05) is 31.9 Å². The predicted octanol–water partition coefficient (Wildman–Crippen LogP) is 2.46. The molecule has 1 saturated carbocycles. The highest BCUT2D eigenvalue weighted by molar-refractivity contribution is 5.56. The zero-order valence-corrected chi connectivity index (χ0v) is 12.4. The summed E-state index contributed by atoms with van der Waals surface area (Å²) in [7, 11) is 2.18. The van der Waals surface area contributed by atoms with E-state index in [9.17, 15) is 5.11 Å². The van der Waals surface area contributed by atoms with Crippen molar-refractivity contribution in [2.24, 2.45) is 0 Å². The first-order valence-corrected chi connectivity index (χ1v) is 7.97. The maximum absolute atomic E-state index is 9.54. The Bertz CT molecular complexity index is 452. The van der Waals surface area contributed by atoms with Gasteiger partial charge in [0.15, 0.2) is 0 Å². The number of aryl methyl sites for hydroxylation is 1. The van der Waals surface area contributed by atoms with E-state index in [0.717, 1.165) is 32.2 Å². The van der Waals surface area contributed by atoms with Crippen molar-refractivity contribution in [3.05, 3.63) is 29.3 Å². The summed E-state index contributed by atoms with van der Waals surface area (Å²) in [5, 5.41) is 13.2. The lowest BCUT2D eigenvalue weighted by atomic mass is 9.93. The van der Waals surface area contributed by atoms with Gasteiger partial charge in [-0.05, 0) is 55.7 Å². The molecule has 0 atom stereocenters. The summed E-state index contributed by atoms with van der Waals surface area (Å²) in [5.41, 5.74) is 4.29. The van der Waals surface area contributed by atoms with Gasteiger partial charge in [-0.1, -0.05) is 12.1 Å². The zero-order valence-electron chi connectivity index (χ0n) is 12.4. The third-order valence-corrected chi connectivity index (χ3v) is 4.79. The maximum Gasteiger partial charge on any atom is 0.0541 e. The molecule has 3 nitrogen and oxygen atoms in total. The van der Waals surface area contributed by atoms with Gasteiger partial charge in [0.2, 0.25) is 0 Å². The van der Waals surface area contributed by atoms with Gasteiger partial charge in [-0.3, -0.25) is 0 Å². The molecule has 2 N–H and O–H groups in total. The van der Waals surface area contributed by atoms with Crippen LogP contribution in [0.5, 0.6) is 0 Å². The molecule has 0 amide bonds. The number of nitrogens with one attached hydrogen (secondary N) is 1. The summed E-state index contributed by atoms with van der Waals surface area (Å²) < 4.78 is 0. The Morgan fingerprint density at radius 1 is 1.25 bits per heavy atom. The Hall–Kier alpha value is -1.06. The number of fused-ring (bicyclic) bond motifs is 1. The fraction of sp³-hybridized carbons (Fsp3) is 0.647. The fourth-order valence-corrected chi connectivity index (χ4v) is 3.49. The summed E-state index contributed by atoms with van der Waals surface area (Å²) in [6.45, 7) is 2.13. The lowest BCUT2D eigenvalue weighted by Crippen LogP contribution is -2.34. The third kappa shape index (κ3) is 3.15. The number of hydrogen-bond acceptors (Lipinski definition) is 3. The molecule has 0 radical (unpaired) electrons. The van der Waals surface area contributed by atoms with Crippen LogP contribution in [0.1, 0.15) is 43.2 Å². The van der Waals surface area contributed by atoms with E-state index < -0.39 is 0 Å². The van der Waals surface area contributed by atoms with Crippen LogP contribution in [0.4, 0.5) is 5.69 Å². The van der Waals surface area contributed by atoms with Gasteiger partial charge in [-0.2, -0.15) is 0 Å². The standard InChI is InChI=1S/C17H26N2O/c1-19-10-2-3-14-11-13(4-9-17(14)19)12-18-15-5-7-16(20)8-6-15/h4,9,11,15-16,18,20H,2-3,5-8,10,12H2,1H3. The van der Waals surface area contributed by atoms with Crippen LogP contribution in [0, 0.1) is 0 Å². The van der Waals surface area contributed by atoms with Crippen LogP contribution < -0.4 is 10.2 Å². The average Bonchev–Trinajstić information content (AvgIpc) is 2.47. The summed E-state index contributed by atoms with van der Waals surface area (Å²) in [6, 6.07) is 7.48. The minimum absolute atomic E-state index is 0.0627. The van der Waals surface area contributed by atoms with Gasteiger partial charge in [0.1, 0.15) is 0 Å².